The molecule has 1 aliphatic heterocycles. The molecule has 1 saturated heterocycles. The second-order valence-electron chi connectivity index (χ2n) is 2.60. The van der Waals surface area contributed by atoms with E-state index in [1.807, 2.05) is 12.0 Å². The van der Waals surface area contributed by atoms with E-state index in [4.69, 9.17) is 9.94 Å². The number of nitrogens with zero attached hydrogens (tertiary/aromatic N) is 1. The number of piperazine rings is 1. The van der Waals surface area contributed by atoms with Crippen molar-refractivity contribution < 1.29 is 9.94 Å². The van der Waals surface area contributed by atoms with Crippen LogP contribution in [0.15, 0.2) is 0 Å². The molecule has 1 aliphatic rings. The smallest absolute Gasteiger partial charge is 0.0708 e. The Morgan fingerprint density at radius 1 is 1.73 bits per heavy atom. The van der Waals surface area contributed by atoms with Crippen molar-refractivity contribution in [1.29, 1.82) is 0 Å². The van der Waals surface area contributed by atoms with Gasteiger partial charge in [-0.25, -0.2) is 0 Å². The lowest BCUT2D eigenvalue weighted by Gasteiger charge is -2.33. The highest BCUT2D eigenvalue weighted by molar-refractivity contribution is 4.73. The maximum Gasteiger partial charge on any atom is 0.0708 e. The Kier molecular flexibility index (Phi) is 3.79. The minimum Gasteiger partial charge on any atom is -0.395 e. The third-order valence-corrected chi connectivity index (χ3v) is 1.80. The molecule has 0 aromatic heterocycles. The van der Waals surface area contributed by atoms with Crippen molar-refractivity contribution in [2.75, 3.05) is 32.8 Å². The summed E-state index contributed by atoms with van der Waals surface area (Å²) in [7, 11) is 0. The van der Waals surface area contributed by atoms with E-state index in [0.29, 0.717) is 6.61 Å². The molecule has 0 saturated carbocycles. The van der Waals surface area contributed by atoms with Crippen molar-refractivity contribution in [2.45, 2.75) is 13.0 Å². The van der Waals surface area contributed by atoms with E-state index in [2.05, 4.69) is 5.32 Å². The summed E-state index contributed by atoms with van der Waals surface area (Å²) in [6.45, 7) is 5.41. The van der Waals surface area contributed by atoms with Crippen LogP contribution >= 0.6 is 0 Å². The first kappa shape index (κ1) is 8.93. The fourth-order valence-electron chi connectivity index (χ4n) is 1.23. The van der Waals surface area contributed by atoms with Crippen molar-refractivity contribution in [3.63, 3.8) is 0 Å². The van der Waals surface area contributed by atoms with Gasteiger partial charge in [-0.3, -0.25) is 4.84 Å². The maximum absolute atomic E-state index is 8.93. The molecule has 4 nitrogen and oxygen atoms in total. The topological polar surface area (TPSA) is 44.7 Å². The lowest BCUT2D eigenvalue weighted by molar-refractivity contribution is -0.196. The summed E-state index contributed by atoms with van der Waals surface area (Å²) >= 11 is 0. The number of hydrogen-bond donors (Lipinski definition) is 2. The summed E-state index contributed by atoms with van der Waals surface area (Å²) in [6.07, 6.45) is 0. The summed E-state index contributed by atoms with van der Waals surface area (Å²) in [5.41, 5.74) is 0. The van der Waals surface area contributed by atoms with Crippen molar-refractivity contribution in [3.8, 4) is 0 Å². The SMILES string of the molecule is CCON1CCNCC1CO. The van der Waals surface area contributed by atoms with Gasteiger partial charge in [0, 0.05) is 19.6 Å². The van der Waals surface area contributed by atoms with Gasteiger partial charge in [0.2, 0.25) is 0 Å². The Morgan fingerprint density at radius 3 is 3.18 bits per heavy atom. The zero-order valence-corrected chi connectivity index (χ0v) is 6.92. The van der Waals surface area contributed by atoms with Gasteiger partial charge >= 0.3 is 0 Å². The predicted molar refractivity (Wildman–Crippen MR) is 42.1 cm³/mol. The standard InChI is InChI=1S/C7H16N2O2/c1-2-11-9-4-3-8-5-7(9)6-10/h7-8,10H,2-6H2,1H3. The van der Waals surface area contributed by atoms with E-state index in [-0.39, 0.29) is 12.6 Å². The van der Waals surface area contributed by atoms with E-state index in [9.17, 15) is 0 Å². The zero-order valence-electron chi connectivity index (χ0n) is 6.92. The fraction of sp³-hybridized carbons (Fsp3) is 1.00. The molecule has 1 atom stereocenters. The molecule has 1 heterocycles. The molecule has 1 fully saturated rings. The van der Waals surface area contributed by atoms with Gasteiger partial charge < -0.3 is 10.4 Å². The Morgan fingerprint density at radius 2 is 2.55 bits per heavy atom. The van der Waals surface area contributed by atoms with E-state index in [0.717, 1.165) is 19.6 Å². The quantitative estimate of drug-likeness (QED) is 0.567. The van der Waals surface area contributed by atoms with Crippen LogP contribution in [0, 0.1) is 0 Å². The second kappa shape index (κ2) is 4.66. The van der Waals surface area contributed by atoms with Crippen LogP contribution in [0.4, 0.5) is 0 Å². The number of nitrogens with one attached hydrogen (secondary N) is 1. The molecule has 0 aromatic rings. The van der Waals surface area contributed by atoms with Gasteiger partial charge in [0.05, 0.1) is 19.3 Å². The Hall–Kier alpha value is -0.160. The molecule has 0 aliphatic carbocycles. The first-order chi connectivity index (χ1) is 5.38. The number of hydrogen-bond acceptors (Lipinski definition) is 4. The number of hydroxylamine groups is 2. The highest BCUT2D eigenvalue weighted by Gasteiger charge is 2.21. The largest absolute Gasteiger partial charge is 0.395 e. The van der Waals surface area contributed by atoms with Crippen molar-refractivity contribution in [3.05, 3.63) is 0 Å². The zero-order chi connectivity index (χ0) is 8.10. The van der Waals surface area contributed by atoms with Crippen LogP contribution in [0.2, 0.25) is 0 Å². The summed E-state index contributed by atoms with van der Waals surface area (Å²) in [4.78, 5) is 5.32. The summed E-state index contributed by atoms with van der Waals surface area (Å²) in [6, 6.07) is 0.128. The number of rotatable bonds is 3. The number of aliphatic hydroxyl groups excluding tert-OH is 1. The third-order valence-electron chi connectivity index (χ3n) is 1.80. The molecule has 0 aromatic carbocycles. The van der Waals surface area contributed by atoms with Crippen molar-refractivity contribution in [2.24, 2.45) is 0 Å². The third kappa shape index (κ3) is 2.41. The van der Waals surface area contributed by atoms with Gasteiger partial charge in [0.15, 0.2) is 0 Å². The molecular formula is C7H16N2O2. The molecule has 0 bridgehead atoms. The van der Waals surface area contributed by atoms with Gasteiger partial charge in [-0.2, -0.15) is 5.06 Å². The highest BCUT2D eigenvalue weighted by Crippen LogP contribution is 2.02. The lowest BCUT2D eigenvalue weighted by Crippen LogP contribution is -2.52. The normalized spacial score (nSPS) is 27.3. The molecule has 2 N–H and O–H groups in total. The van der Waals surface area contributed by atoms with Crippen molar-refractivity contribution in [1.82, 2.24) is 10.4 Å². The Bertz CT molecular complexity index is 109. The van der Waals surface area contributed by atoms with Gasteiger partial charge in [-0.05, 0) is 6.92 Å². The minimum atomic E-state index is 0.128. The molecule has 1 rings (SSSR count). The van der Waals surface area contributed by atoms with Gasteiger partial charge in [-0.1, -0.05) is 0 Å². The highest BCUT2D eigenvalue weighted by atomic mass is 16.7. The average molecular weight is 160 g/mol. The van der Waals surface area contributed by atoms with Crippen LogP contribution in [-0.4, -0.2) is 49.1 Å². The summed E-state index contributed by atoms with van der Waals surface area (Å²) in [5.74, 6) is 0. The lowest BCUT2D eigenvalue weighted by atomic mass is 10.2. The van der Waals surface area contributed by atoms with Crippen LogP contribution in [0.3, 0.4) is 0 Å². The first-order valence-corrected chi connectivity index (χ1v) is 4.09. The van der Waals surface area contributed by atoms with E-state index in [1.165, 1.54) is 0 Å². The molecule has 1 unspecified atom stereocenters. The average Bonchev–Trinajstić information content (AvgIpc) is 2.06. The minimum absolute atomic E-state index is 0.128. The Balaban J connectivity index is 2.31. The first-order valence-electron chi connectivity index (χ1n) is 4.09. The maximum atomic E-state index is 8.93. The van der Waals surface area contributed by atoms with E-state index in [1.54, 1.807) is 0 Å². The van der Waals surface area contributed by atoms with Crippen LogP contribution in [-0.2, 0) is 4.84 Å². The van der Waals surface area contributed by atoms with E-state index >= 15 is 0 Å². The van der Waals surface area contributed by atoms with Crippen LogP contribution in [0.5, 0.6) is 0 Å². The molecule has 0 amide bonds. The predicted octanol–water partition coefficient (Wildman–Crippen LogP) is -0.796. The fourth-order valence-corrected chi connectivity index (χ4v) is 1.23. The van der Waals surface area contributed by atoms with Gasteiger partial charge in [-0.15, -0.1) is 0 Å². The summed E-state index contributed by atoms with van der Waals surface area (Å²) in [5, 5.41) is 14.0. The van der Waals surface area contributed by atoms with Crippen LogP contribution in [0.25, 0.3) is 0 Å². The Labute approximate surface area is 67.1 Å². The summed E-state index contributed by atoms with van der Waals surface area (Å²) < 4.78 is 0. The van der Waals surface area contributed by atoms with Crippen LogP contribution in [0.1, 0.15) is 6.92 Å². The van der Waals surface area contributed by atoms with Gasteiger partial charge in [0.25, 0.3) is 0 Å². The molecule has 0 radical (unpaired) electrons. The molecule has 0 spiro atoms. The molecular weight excluding hydrogens is 144 g/mol. The van der Waals surface area contributed by atoms with Gasteiger partial charge in [0.1, 0.15) is 0 Å². The molecule has 11 heavy (non-hydrogen) atoms. The van der Waals surface area contributed by atoms with Crippen LogP contribution < -0.4 is 5.32 Å². The van der Waals surface area contributed by atoms with E-state index < -0.39 is 0 Å². The monoisotopic (exact) mass is 160 g/mol. The molecule has 66 valence electrons. The second-order valence-corrected chi connectivity index (χ2v) is 2.60. The van der Waals surface area contributed by atoms with Crippen molar-refractivity contribution >= 4 is 0 Å². The number of aliphatic hydroxyl groups is 1. The molecule has 4 heteroatoms.